The zero-order chi connectivity index (χ0) is 33.9. The van der Waals surface area contributed by atoms with Gasteiger partial charge in [0.25, 0.3) is 0 Å². The molecule has 4 rings (SSSR count). The van der Waals surface area contributed by atoms with Gasteiger partial charge >= 0.3 is 12.4 Å². The predicted octanol–water partition coefficient (Wildman–Crippen LogP) is 10.1. The summed E-state index contributed by atoms with van der Waals surface area (Å²) < 4.78 is 208. The Morgan fingerprint density at radius 2 is 0.844 bits per heavy atom. The van der Waals surface area contributed by atoms with Crippen LogP contribution in [0.15, 0.2) is 94.6 Å². The summed E-state index contributed by atoms with van der Waals surface area (Å²) >= 11 is -1.02. The van der Waals surface area contributed by atoms with E-state index in [0.29, 0.717) is 24.3 Å². The Hall–Kier alpha value is -3.63. The van der Waals surface area contributed by atoms with Gasteiger partial charge in [-0.1, -0.05) is 24.3 Å². The second-order valence-corrected chi connectivity index (χ2v) is 10.9. The first-order chi connectivity index (χ1) is 20.8. The number of benzene rings is 2. The molecule has 4 atom stereocenters. The third-order valence-corrected chi connectivity index (χ3v) is 8.93. The van der Waals surface area contributed by atoms with Gasteiger partial charge in [0.1, 0.15) is 32.1 Å². The summed E-state index contributed by atoms with van der Waals surface area (Å²) in [4.78, 5) is 0. The van der Waals surface area contributed by atoms with E-state index in [1.54, 1.807) is 0 Å². The number of alkyl halides is 8. The third kappa shape index (κ3) is 5.25. The lowest BCUT2D eigenvalue weighted by molar-refractivity contribution is -0.0960. The maximum absolute atomic E-state index is 16.2. The van der Waals surface area contributed by atoms with Crippen LogP contribution < -0.4 is 9.47 Å². The van der Waals surface area contributed by atoms with Gasteiger partial charge in [-0.15, -0.1) is 11.8 Å². The van der Waals surface area contributed by atoms with E-state index < -0.39 is 103 Å². The second-order valence-electron chi connectivity index (χ2n) is 9.45. The van der Waals surface area contributed by atoms with E-state index in [4.69, 9.17) is 9.47 Å². The first kappa shape index (κ1) is 34.2. The monoisotopic (exact) mass is 682 g/mol. The fourth-order valence-corrected chi connectivity index (χ4v) is 6.68. The SMILES string of the molecule is COc1ccc(C2(SC3(c4ccc(OC)cc4)C(F)=C(F)C(C(F)(F)F)=C(F)C3F)C(F)=C(F)C(C(F)(F)F)=C(F)C2F)cc1. The van der Waals surface area contributed by atoms with Gasteiger partial charge < -0.3 is 9.47 Å². The molecule has 0 bridgehead atoms. The summed E-state index contributed by atoms with van der Waals surface area (Å²) in [6.45, 7) is 0. The molecule has 0 fully saturated rings. The van der Waals surface area contributed by atoms with Crippen molar-refractivity contribution in [3.8, 4) is 11.5 Å². The van der Waals surface area contributed by atoms with Gasteiger partial charge in [-0.25, -0.2) is 35.1 Å². The summed E-state index contributed by atoms with van der Waals surface area (Å²) in [5.74, 6) is -18.2. The molecule has 2 aliphatic rings. The average molecular weight is 682 g/mol. The molecular formula is C28H16F14O2S. The first-order valence-corrected chi connectivity index (χ1v) is 13.0. The van der Waals surface area contributed by atoms with Crippen molar-refractivity contribution in [3.63, 3.8) is 0 Å². The highest BCUT2D eigenvalue weighted by molar-refractivity contribution is 8.01. The lowest BCUT2D eigenvalue weighted by Crippen LogP contribution is -2.48. The van der Waals surface area contributed by atoms with E-state index in [9.17, 15) is 26.3 Å². The third-order valence-electron chi connectivity index (χ3n) is 7.04. The molecule has 0 saturated carbocycles. The summed E-state index contributed by atoms with van der Waals surface area (Å²) in [7, 11) is 2.17. The number of ether oxygens (including phenoxy) is 2. The fourth-order valence-electron chi connectivity index (χ4n) is 4.90. The molecule has 0 heterocycles. The molecular weight excluding hydrogens is 666 g/mol. The Labute approximate surface area is 248 Å². The zero-order valence-corrected chi connectivity index (χ0v) is 23.1. The molecule has 0 amide bonds. The van der Waals surface area contributed by atoms with Crippen LogP contribution in [0.2, 0.25) is 0 Å². The van der Waals surface area contributed by atoms with Gasteiger partial charge in [0.2, 0.25) is 0 Å². The fraction of sp³-hybridized carbons (Fsp3) is 0.286. The van der Waals surface area contributed by atoms with Crippen LogP contribution in [0, 0.1) is 0 Å². The van der Waals surface area contributed by atoms with Crippen LogP contribution in [0.4, 0.5) is 61.5 Å². The number of hydrogen-bond acceptors (Lipinski definition) is 3. The minimum absolute atomic E-state index is 0.117. The summed E-state index contributed by atoms with van der Waals surface area (Å²) in [6.07, 6.45) is -20.2. The van der Waals surface area contributed by atoms with Crippen LogP contribution in [0.3, 0.4) is 0 Å². The predicted molar refractivity (Wildman–Crippen MR) is 134 cm³/mol. The Kier molecular flexibility index (Phi) is 8.85. The first-order valence-electron chi connectivity index (χ1n) is 12.1. The van der Waals surface area contributed by atoms with E-state index in [1.165, 1.54) is 0 Å². The average Bonchev–Trinajstić information content (AvgIpc) is 2.98. The molecule has 0 saturated heterocycles. The quantitative estimate of drug-likeness (QED) is 0.283. The molecule has 0 N–H and O–H groups in total. The summed E-state index contributed by atoms with van der Waals surface area (Å²) in [5, 5.41) is 0. The molecule has 0 aliphatic heterocycles. The van der Waals surface area contributed by atoms with Gasteiger partial charge in [0.15, 0.2) is 47.3 Å². The summed E-state index contributed by atoms with van der Waals surface area (Å²) in [5.41, 5.74) is -8.26. The minimum Gasteiger partial charge on any atom is -0.497 e. The van der Waals surface area contributed by atoms with Crippen LogP contribution in [0.25, 0.3) is 0 Å². The molecule has 0 aromatic heterocycles. The van der Waals surface area contributed by atoms with Gasteiger partial charge in [-0.2, -0.15) is 26.3 Å². The standard InChI is InChI=1S/C28H16F14O2S/c1-43-13-7-3-11(4-8-13)25(21(33)17(29)15(27(37,38)39)18(30)22(25)34)45-26(12-5-9-14(44-2)10-6-12)23(35)19(31)16(28(40,41)42)20(32)24(26)36/h3-10,21,23H,1-2H3. The van der Waals surface area contributed by atoms with Crippen molar-refractivity contribution >= 4 is 11.8 Å². The molecule has 4 unspecified atom stereocenters. The number of hydrogen-bond donors (Lipinski definition) is 0. The molecule has 244 valence electrons. The normalized spacial score (nSPS) is 26.6. The van der Waals surface area contributed by atoms with E-state index in [1.807, 2.05) is 0 Å². The van der Waals surface area contributed by atoms with Crippen LogP contribution in [-0.2, 0) is 9.49 Å². The van der Waals surface area contributed by atoms with Crippen molar-refractivity contribution in [2.24, 2.45) is 0 Å². The van der Waals surface area contributed by atoms with Crippen LogP contribution in [0.5, 0.6) is 11.5 Å². The second kappa shape index (κ2) is 11.6. The highest BCUT2D eigenvalue weighted by atomic mass is 32.2. The molecule has 2 aliphatic carbocycles. The maximum atomic E-state index is 16.2. The van der Waals surface area contributed by atoms with Gasteiger partial charge in [-0.05, 0) is 35.4 Å². The Morgan fingerprint density at radius 3 is 1.09 bits per heavy atom. The molecule has 2 aromatic rings. The van der Waals surface area contributed by atoms with Crippen LogP contribution >= 0.6 is 11.8 Å². The van der Waals surface area contributed by atoms with Crippen molar-refractivity contribution in [3.05, 3.63) is 106 Å². The topological polar surface area (TPSA) is 18.5 Å². The van der Waals surface area contributed by atoms with Gasteiger partial charge in [0.05, 0.1) is 14.2 Å². The lowest BCUT2D eigenvalue weighted by Gasteiger charge is -2.47. The van der Waals surface area contributed by atoms with E-state index in [-0.39, 0.29) is 11.5 Å². The minimum atomic E-state index is -6.07. The number of rotatable bonds is 6. The Morgan fingerprint density at radius 1 is 0.556 bits per heavy atom. The van der Waals surface area contributed by atoms with E-state index in [0.717, 1.165) is 38.5 Å². The largest absolute Gasteiger partial charge is 0.497 e. The van der Waals surface area contributed by atoms with Gasteiger partial charge in [-0.3, -0.25) is 0 Å². The van der Waals surface area contributed by atoms with Crippen molar-refractivity contribution in [1.29, 1.82) is 0 Å². The maximum Gasteiger partial charge on any atom is 0.421 e. The Bertz CT molecular complexity index is 1490. The number of allylic oxidation sites excluding steroid dienone is 6. The summed E-state index contributed by atoms with van der Waals surface area (Å²) in [6, 6.07) is 5.89. The van der Waals surface area contributed by atoms with Crippen molar-refractivity contribution < 1.29 is 70.9 Å². The zero-order valence-electron chi connectivity index (χ0n) is 22.3. The molecule has 0 radical (unpaired) electrons. The van der Waals surface area contributed by atoms with Crippen molar-refractivity contribution in [1.82, 2.24) is 0 Å². The Balaban J connectivity index is 2.16. The van der Waals surface area contributed by atoms with Crippen molar-refractivity contribution in [2.45, 2.75) is 34.2 Å². The van der Waals surface area contributed by atoms with E-state index in [2.05, 4.69) is 0 Å². The van der Waals surface area contributed by atoms with Crippen LogP contribution in [0.1, 0.15) is 11.1 Å². The molecule has 2 aromatic carbocycles. The molecule has 17 heteroatoms. The molecule has 2 nitrogen and oxygen atoms in total. The number of methoxy groups -OCH3 is 2. The van der Waals surface area contributed by atoms with E-state index >= 15 is 35.1 Å². The number of halogens is 14. The van der Waals surface area contributed by atoms with Crippen molar-refractivity contribution in [2.75, 3.05) is 14.2 Å². The van der Waals surface area contributed by atoms with Gasteiger partial charge in [0, 0.05) is 0 Å². The lowest BCUT2D eigenvalue weighted by atomic mass is 9.83. The molecule has 0 spiro atoms. The molecule has 45 heavy (non-hydrogen) atoms. The highest BCUT2D eigenvalue weighted by Gasteiger charge is 2.67. The highest BCUT2D eigenvalue weighted by Crippen LogP contribution is 2.67. The number of thioether (sulfide) groups is 1. The smallest absolute Gasteiger partial charge is 0.421 e. The van der Waals surface area contributed by atoms with Crippen LogP contribution in [-0.4, -0.2) is 38.9 Å².